The van der Waals surface area contributed by atoms with Gasteiger partial charge in [-0.2, -0.15) is 0 Å². The maximum absolute atomic E-state index is 15.2. The van der Waals surface area contributed by atoms with Crippen molar-refractivity contribution in [2.24, 2.45) is 17.3 Å². The Morgan fingerprint density at radius 2 is 1.67 bits per heavy atom. The number of hydrogen-bond acceptors (Lipinski definition) is 7. The van der Waals surface area contributed by atoms with Crippen molar-refractivity contribution in [2.45, 2.75) is 102 Å². The lowest BCUT2D eigenvalue weighted by molar-refractivity contribution is -0.155. The molecule has 5 rings (SSSR count). The number of ether oxygens (including phenoxy) is 2. The topological polar surface area (TPSA) is 125 Å². The lowest BCUT2D eigenvalue weighted by Crippen LogP contribution is -2.61. The average Bonchev–Trinajstić information content (AvgIpc) is 3.75. The number of esters is 1. The number of allylic oxidation sites excluding steroid dienone is 1. The Morgan fingerprint density at radius 3 is 2.25 bits per heavy atom. The normalized spacial score (nSPS) is 24.9. The van der Waals surface area contributed by atoms with Crippen molar-refractivity contribution in [2.75, 3.05) is 19.8 Å². The summed E-state index contributed by atoms with van der Waals surface area (Å²) in [4.78, 5) is 60.5. The van der Waals surface area contributed by atoms with Crippen molar-refractivity contribution in [3.05, 3.63) is 97.1 Å². The molecular formula is C42H55N3O7. The highest BCUT2D eigenvalue weighted by atomic mass is 16.5. The Bertz CT molecular complexity index is 1620. The first kappa shape index (κ1) is 38.9. The van der Waals surface area contributed by atoms with Crippen LogP contribution in [-0.4, -0.2) is 81.6 Å². The molecule has 3 heterocycles. The van der Waals surface area contributed by atoms with Crippen LogP contribution in [0.2, 0.25) is 0 Å². The molecule has 3 aliphatic heterocycles. The van der Waals surface area contributed by atoms with E-state index in [9.17, 15) is 19.5 Å². The van der Waals surface area contributed by atoms with Gasteiger partial charge in [-0.1, -0.05) is 93.6 Å². The summed E-state index contributed by atoms with van der Waals surface area (Å²) in [6.45, 7) is 17.8. The third-order valence-electron chi connectivity index (χ3n) is 10.7. The van der Waals surface area contributed by atoms with Gasteiger partial charge in [-0.25, -0.2) is 0 Å². The molecule has 0 unspecified atom stereocenters. The van der Waals surface area contributed by atoms with Crippen LogP contribution in [0.25, 0.3) is 0 Å². The lowest BCUT2D eigenvalue weighted by Gasteiger charge is -2.46. The van der Waals surface area contributed by atoms with Gasteiger partial charge in [-0.15, -0.1) is 13.2 Å². The first-order chi connectivity index (χ1) is 24.7. The smallest absolute Gasteiger partial charge is 0.306 e. The Balaban J connectivity index is 1.54. The summed E-state index contributed by atoms with van der Waals surface area (Å²) in [5, 5.41) is 14.0. The van der Waals surface area contributed by atoms with Crippen molar-refractivity contribution in [3.63, 3.8) is 0 Å². The minimum absolute atomic E-state index is 0.0963. The SMILES string of the molecule is C=CCCC(=O)OC[C@@H](NC(=O)[C@@H]1[C@H]2C(=O)N([C@H](CO)c3ccccc3)[C@H](C(=O)N(CC=C)C(C)(C)CC(C)(C)C)[C@]23CC[C@H]1O3)c1ccccc1. The second-order valence-electron chi connectivity index (χ2n) is 16.2. The van der Waals surface area contributed by atoms with Crippen molar-refractivity contribution in [3.8, 4) is 0 Å². The van der Waals surface area contributed by atoms with Gasteiger partial charge in [0.05, 0.1) is 36.6 Å². The van der Waals surface area contributed by atoms with Crippen LogP contribution in [-0.2, 0) is 28.7 Å². The van der Waals surface area contributed by atoms with Gasteiger partial charge in [0, 0.05) is 18.5 Å². The van der Waals surface area contributed by atoms with Crippen LogP contribution in [0.15, 0.2) is 86.0 Å². The molecule has 3 amide bonds. The number of amides is 3. The molecule has 0 radical (unpaired) electrons. The van der Waals surface area contributed by atoms with E-state index in [4.69, 9.17) is 9.47 Å². The molecule has 2 N–H and O–H groups in total. The van der Waals surface area contributed by atoms with Crippen molar-refractivity contribution in [1.29, 1.82) is 0 Å². The largest absolute Gasteiger partial charge is 0.463 e. The van der Waals surface area contributed by atoms with Crippen molar-refractivity contribution in [1.82, 2.24) is 15.1 Å². The monoisotopic (exact) mass is 713 g/mol. The number of aliphatic hydroxyl groups excluding tert-OH is 1. The predicted molar refractivity (Wildman–Crippen MR) is 198 cm³/mol. The van der Waals surface area contributed by atoms with Gasteiger partial charge in [0.15, 0.2) is 0 Å². The number of fused-ring (bicyclic) bond motifs is 1. The molecule has 0 saturated carbocycles. The van der Waals surface area contributed by atoms with E-state index in [0.717, 1.165) is 5.56 Å². The zero-order valence-electron chi connectivity index (χ0n) is 31.3. The molecule has 2 bridgehead atoms. The summed E-state index contributed by atoms with van der Waals surface area (Å²) in [6, 6.07) is 15.8. The fraction of sp³-hybridized carbons (Fsp3) is 0.524. The van der Waals surface area contributed by atoms with Crippen molar-refractivity contribution < 1.29 is 33.8 Å². The number of hydrogen-bond donors (Lipinski definition) is 2. The molecule has 10 heteroatoms. The van der Waals surface area contributed by atoms with Crippen LogP contribution >= 0.6 is 0 Å². The molecule has 280 valence electrons. The van der Waals surface area contributed by atoms with Gasteiger partial charge in [0.25, 0.3) is 0 Å². The van der Waals surface area contributed by atoms with Gasteiger partial charge in [-0.3, -0.25) is 19.2 Å². The number of benzene rings is 2. The maximum atomic E-state index is 15.2. The van der Waals surface area contributed by atoms with Crippen LogP contribution in [0.1, 0.15) is 89.9 Å². The third-order valence-corrected chi connectivity index (χ3v) is 10.7. The highest BCUT2D eigenvalue weighted by molar-refractivity contribution is 5.99. The number of likely N-dealkylation sites (tertiary alicyclic amines) is 1. The molecule has 7 atom stereocenters. The molecule has 1 spiro atoms. The van der Waals surface area contributed by atoms with Gasteiger partial charge < -0.3 is 29.7 Å². The van der Waals surface area contributed by atoms with E-state index in [0.29, 0.717) is 31.2 Å². The van der Waals surface area contributed by atoms with Gasteiger partial charge in [0.1, 0.15) is 18.2 Å². The predicted octanol–water partition coefficient (Wildman–Crippen LogP) is 5.69. The summed E-state index contributed by atoms with van der Waals surface area (Å²) in [6.07, 6.45) is 4.94. The van der Waals surface area contributed by atoms with Crippen LogP contribution in [0.5, 0.6) is 0 Å². The van der Waals surface area contributed by atoms with E-state index in [1.807, 2.05) is 74.5 Å². The van der Waals surface area contributed by atoms with Crippen LogP contribution in [0.4, 0.5) is 0 Å². The zero-order chi connectivity index (χ0) is 37.8. The van der Waals surface area contributed by atoms with Crippen LogP contribution < -0.4 is 5.32 Å². The number of nitrogens with zero attached hydrogens (tertiary/aromatic N) is 2. The molecule has 2 aromatic carbocycles. The first-order valence-corrected chi connectivity index (χ1v) is 18.4. The molecule has 3 fully saturated rings. The Hall–Kier alpha value is -4.28. The number of nitrogens with one attached hydrogen (secondary N) is 1. The second kappa shape index (κ2) is 15.8. The summed E-state index contributed by atoms with van der Waals surface area (Å²) in [7, 11) is 0. The van der Waals surface area contributed by atoms with Gasteiger partial charge in [0.2, 0.25) is 17.7 Å². The number of carbonyl (C=O) groups excluding carboxylic acids is 4. The molecule has 52 heavy (non-hydrogen) atoms. The highest BCUT2D eigenvalue weighted by Crippen LogP contribution is 2.60. The quantitative estimate of drug-likeness (QED) is 0.169. The Kier molecular flexibility index (Phi) is 11.8. The van der Waals surface area contributed by atoms with E-state index in [-0.39, 0.29) is 30.9 Å². The molecule has 3 aliphatic rings. The summed E-state index contributed by atoms with van der Waals surface area (Å²) in [5.74, 6) is -3.40. The standard InChI is InChI=1S/C42H55N3O7/c1-8-10-21-33(47)51-26-30(28-17-13-11-14-18-28)43-37(48)34-32-22-23-42(52-32)35(34)38(49)45(31(25-46)29-19-15-12-16-20-29)36(42)39(50)44(24-9-2)41(6,7)27-40(3,4)5/h8-9,11-20,30-32,34-36,46H,1-2,10,21-27H2,3-7H3,(H,43,48)/t30-,31-,32-,34+,35+,36-,42+/m1/s1. The fourth-order valence-electron chi connectivity index (χ4n) is 8.98. The van der Waals surface area contributed by atoms with Gasteiger partial charge >= 0.3 is 5.97 Å². The fourth-order valence-corrected chi connectivity index (χ4v) is 8.98. The molecule has 10 nitrogen and oxygen atoms in total. The molecule has 0 aliphatic carbocycles. The van der Waals surface area contributed by atoms with E-state index in [1.54, 1.807) is 17.1 Å². The van der Waals surface area contributed by atoms with Crippen LogP contribution in [0.3, 0.4) is 0 Å². The van der Waals surface area contributed by atoms with Gasteiger partial charge in [-0.05, 0) is 56.1 Å². The minimum Gasteiger partial charge on any atom is -0.463 e. The summed E-state index contributed by atoms with van der Waals surface area (Å²) in [5.41, 5.74) is -0.625. The minimum atomic E-state index is -1.29. The number of rotatable bonds is 16. The lowest BCUT2D eigenvalue weighted by atomic mass is 9.70. The zero-order valence-corrected chi connectivity index (χ0v) is 31.3. The van der Waals surface area contributed by atoms with Crippen LogP contribution in [0, 0.1) is 17.3 Å². The highest BCUT2D eigenvalue weighted by Gasteiger charge is 2.75. The number of aliphatic hydroxyl groups is 1. The number of carbonyl (C=O) groups is 4. The second-order valence-corrected chi connectivity index (χ2v) is 16.2. The summed E-state index contributed by atoms with van der Waals surface area (Å²) < 4.78 is 12.4. The first-order valence-electron chi connectivity index (χ1n) is 18.4. The van der Waals surface area contributed by atoms with E-state index in [2.05, 4.69) is 39.2 Å². The van der Waals surface area contributed by atoms with E-state index in [1.165, 1.54) is 4.90 Å². The molecular weight excluding hydrogens is 658 g/mol. The van der Waals surface area contributed by atoms with Crippen molar-refractivity contribution >= 4 is 23.7 Å². The third kappa shape index (κ3) is 7.74. The Morgan fingerprint density at radius 1 is 1.04 bits per heavy atom. The molecule has 3 saturated heterocycles. The average molecular weight is 714 g/mol. The van der Waals surface area contributed by atoms with E-state index < -0.39 is 71.6 Å². The molecule has 2 aromatic rings. The summed E-state index contributed by atoms with van der Waals surface area (Å²) >= 11 is 0. The van der Waals surface area contributed by atoms with E-state index >= 15 is 4.79 Å². The maximum Gasteiger partial charge on any atom is 0.306 e. The molecule has 0 aromatic heterocycles. The Labute approximate surface area is 308 Å².